The van der Waals surface area contributed by atoms with Crippen molar-refractivity contribution in [2.75, 3.05) is 30.3 Å². The minimum Gasteiger partial charge on any atom is -0.478 e. The summed E-state index contributed by atoms with van der Waals surface area (Å²) in [6.45, 7) is 1.80. The number of anilines is 2. The lowest BCUT2D eigenvalue weighted by Gasteiger charge is -2.20. The fourth-order valence-electron chi connectivity index (χ4n) is 2.18. The number of carboxylic acid groups (broad SMARTS) is 1. The minimum atomic E-state index is -0.974. The van der Waals surface area contributed by atoms with Gasteiger partial charge in [-0.2, -0.15) is 0 Å². The Bertz CT molecular complexity index is 434. The number of aliphatic hydroxyl groups excluding tert-OH is 1. The average molecular weight is 236 g/mol. The van der Waals surface area contributed by atoms with Crippen molar-refractivity contribution < 1.29 is 15.0 Å². The lowest BCUT2D eigenvalue weighted by atomic mass is 10.1. The number of benzene rings is 1. The van der Waals surface area contributed by atoms with Crippen LogP contribution in [0.15, 0.2) is 18.2 Å². The smallest absolute Gasteiger partial charge is 0.335 e. The molecule has 5 heteroatoms. The van der Waals surface area contributed by atoms with Gasteiger partial charge in [0.25, 0.3) is 0 Å². The molecule has 4 N–H and O–H groups in total. The van der Waals surface area contributed by atoms with Crippen molar-refractivity contribution in [2.45, 2.75) is 6.42 Å². The maximum atomic E-state index is 10.8. The molecule has 1 aliphatic rings. The fraction of sp³-hybridized carbons (Fsp3) is 0.417. The van der Waals surface area contributed by atoms with E-state index in [0.29, 0.717) is 5.69 Å². The molecule has 17 heavy (non-hydrogen) atoms. The van der Waals surface area contributed by atoms with Crippen LogP contribution in [0.1, 0.15) is 16.8 Å². The van der Waals surface area contributed by atoms with E-state index >= 15 is 0 Å². The Kier molecular flexibility index (Phi) is 3.19. The van der Waals surface area contributed by atoms with Gasteiger partial charge in [0.1, 0.15) is 0 Å². The van der Waals surface area contributed by atoms with Crippen molar-refractivity contribution in [2.24, 2.45) is 5.92 Å². The van der Waals surface area contributed by atoms with E-state index in [1.807, 2.05) is 0 Å². The van der Waals surface area contributed by atoms with E-state index in [4.69, 9.17) is 15.9 Å². The van der Waals surface area contributed by atoms with Crippen molar-refractivity contribution in [1.29, 1.82) is 0 Å². The number of carbonyl (C=O) groups is 1. The second-order valence-electron chi connectivity index (χ2n) is 4.36. The predicted molar refractivity (Wildman–Crippen MR) is 65.2 cm³/mol. The monoisotopic (exact) mass is 236 g/mol. The van der Waals surface area contributed by atoms with Gasteiger partial charge in [0, 0.05) is 25.6 Å². The SMILES string of the molecule is Nc1cc(C(=O)O)ccc1N1CCC(CO)C1. The van der Waals surface area contributed by atoms with Gasteiger partial charge in [-0.15, -0.1) is 0 Å². The molecule has 0 radical (unpaired) electrons. The first-order valence-electron chi connectivity index (χ1n) is 5.60. The average Bonchev–Trinajstić information content (AvgIpc) is 2.77. The highest BCUT2D eigenvalue weighted by atomic mass is 16.4. The van der Waals surface area contributed by atoms with E-state index in [1.165, 1.54) is 6.07 Å². The maximum Gasteiger partial charge on any atom is 0.335 e. The standard InChI is InChI=1S/C12H16N2O3/c13-10-5-9(12(16)17)1-2-11(10)14-4-3-8(6-14)7-15/h1-2,5,8,15H,3-4,6-7,13H2,(H,16,17). The number of nitrogens with two attached hydrogens (primary N) is 1. The Labute approximate surface area is 99.5 Å². The summed E-state index contributed by atoms with van der Waals surface area (Å²) in [5, 5.41) is 17.9. The zero-order valence-electron chi connectivity index (χ0n) is 9.47. The fourth-order valence-corrected chi connectivity index (χ4v) is 2.18. The molecule has 0 aliphatic carbocycles. The number of rotatable bonds is 3. The highest BCUT2D eigenvalue weighted by Crippen LogP contribution is 2.29. The van der Waals surface area contributed by atoms with Gasteiger partial charge in [-0.1, -0.05) is 0 Å². The van der Waals surface area contributed by atoms with Crippen LogP contribution in [0.5, 0.6) is 0 Å². The van der Waals surface area contributed by atoms with E-state index in [-0.39, 0.29) is 18.1 Å². The van der Waals surface area contributed by atoms with E-state index in [1.54, 1.807) is 12.1 Å². The highest BCUT2D eigenvalue weighted by molar-refractivity contribution is 5.90. The number of carboxylic acids is 1. The number of hydrogen-bond acceptors (Lipinski definition) is 4. The van der Waals surface area contributed by atoms with E-state index in [0.717, 1.165) is 25.2 Å². The van der Waals surface area contributed by atoms with Gasteiger partial charge in [-0.3, -0.25) is 0 Å². The molecule has 92 valence electrons. The first-order chi connectivity index (χ1) is 8.11. The third kappa shape index (κ3) is 2.34. The highest BCUT2D eigenvalue weighted by Gasteiger charge is 2.23. The summed E-state index contributed by atoms with van der Waals surface area (Å²) in [5.41, 5.74) is 7.38. The topological polar surface area (TPSA) is 86.8 Å². The van der Waals surface area contributed by atoms with Gasteiger partial charge in [0.05, 0.1) is 16.9 Å². The molecule has 0 bridgehead atoms. The van der Waals surface area contributed by atoms with Crippen molar-refractivity contribution in [3.63, 3.8) is 0 Å². The molecular formula is C12H16N2O3. The Morgan fingerprint density at radius 3 is 2.82 bits per heavy atom. The summed E-state index contributed by atoms with van der Waals surface area (Å²) in [6, 6.07) is 4.77. The molecule has 0 spiro atoms. The van der Waals surface area contributed by atoms with Crippen molar-refractivity contribution in [3.05, 3.63) is 23.8 Å². The molecule has 0 amide bonds. The van der Waals surface area contributed by atoms with E-state index < -0.39 is 5.97 Å². The van der Waals surface area contributed by atoms with Crippen LogP contribution in [0.25, 0.3) is 0 Å². The Hall–Kier alpha value is -1.75. The number of aromatic carboxylic acids is 1. The van der Waals surface area contributed by atoms with Crippen molar-refractivity contribution >= 4 is 17.3 Å². The summed E-state index contributed by atoms with van der Waals surface area (Å²) in [7, 11) is 0. The van der Waals surface area contributed by atoms with Crippen LogP contribution >= 0.6 is 0 Å². The van der Waals surface area contributed by atoms with Crippen LogP contribution in [0.2, 0.25) is 0 Å². The summed E-state index contributed by atoms with van der Waals surface area (Å²) in [4.78, 5) is 12.9. The van der Waals surface area contributed by atoms with Crippen LogP contribution in [-0.4, -0.2) is 35.9 Å². The molecule has 0 aromatic heterocycles. The van der Waals surface area contributed by atoms with Crippen molar-refractivity contribution in [3.8, 4) is 0 Å². The molecule has 2 rings (SSSR count). The molecule has 1 aromatic rings. The Morgan fingerprint density at radius 1 is 1.53 bits per heavy atom. The summed E-state index contributed by atoms with van der Waals surface area (Å²) < 4.78 is 0. The second-order valence-corrected chi connectivity index (χ2v) is 4.36. The van der Waals surface area contributed by atoms with Gasteiger partial charge in [0.2, 0.25) is 0 Å². The zero-order chi connectivity index (χ0) is 12.4. The quantitative estimate of drug-likeness (QED) is 0.675. The molecule has 1 atom stereocenters. The van der Waals surface area contributed by atoms with Gasteiger partial charge < -0.3 is 20.8 Å². The summed E-state index contributed by atoms with van der Waals surface area (Å²) >= 11 is 0. The number of nitrogen functional groups attached to an aromatic ring is 1. The second kappa shape index (κ2) is 4.63. The van der Waals surface area contributed by atoms with Crippen LogP contribution in [-0.2, 0) is 0 Å². The van der Waals surface area contributed by atoms with Crippen LogP contribution in [0, 0.1) is 5.92 Å². The largest absolute Gasteiger partial charge is 0.478 e. The molecular weight excluding hydrogens is 220 g/mol. The van der Waals surface area contributed by atoms with Gasteiger partial charge in [-0.05, 0) is 24.6 Å². The molecule has 1 fully saturated rings. The normalized spacial score (nSPS) is 19.6. The third-order valence-electron chi connectivity index (χ3n) is 3.16. The molecule has 1 aliphatic heterocycles. The van der Waals surface area contributed by atoms with Gasteiger partial charge in [0.15, 0.2) is 0 Å². The molecule has 1 aromatic carbocycles. The number of aliphatic hydroxyl groups is 1. The summed E-state index contributed by atoms with van der Waals surface area (Å²) in [6.07, 6.45) is 0.941. The van der Waals surface area contributed by atoms with Gasteiger partial charge >= 0.3 is 5.97 Å². The number of nitrogens with zero attached hydrogens (tertiary/aromatic N) is 1. The Morgan fingerprint density at radius 2 is 2.29 bits per heavy atom. The molecule has 1 unspecified atom stereocenters. The molecule has 1 heterocycles. The minimum absolute atomic E-state index is 0.184. The lowest BCUT2D eigenvalue weighted by Crippen LogP contribution is -2.21. The molecule has 0 saturated carbocycles. The predicted octanol–water partition coefficient (Wildman–Crippen LogP) is 0.786. The maximum absolute atomic E-state index is 10.8. The van der Waals surface area contributed by atoms with Gasteiger partial charge in [-0.25, -0.2) is 4.79 Å². The summed E-state index contributed by atoms with van der Waals surface area (Å²) in [5.74, 6) is -0.688. The van der Waals surface area contributed by atoms with Crippen LogP contribution in [0.3, 0.4) is 0 Å². The van der Waals surface area contributed by atoms with Crippen LogP contribution in [0.4, 0.5) is 11.4 Å². The van der Waals surface area contributed by atoms with Crippen LogP contribution < -0.4 is 10.6 Å². The lowest BCUT2D eigenvalue weighted by molar-refractivity contribution is 0.0697. The van der Waals surface area contributed by atoms with E-state index in [2.05, 4.69) is 4.90 Å². The third-order valence-corrected chi connectivity index (χ3v) is 3.16. The molecule has 5 nitrogen and oxygen atoms in total. The zero-order valence-corrected chi connectivity index (χ0v) is 9.47. The van der Waals surface area contributed by atoms with Crippen molar-refractivity contribution in [1.82, 2.24) is 0 Å². The first-order valence-corrected chi connectivity index (χ1v) is 5.60. The Balaban J connectivity index is 2.20. The molecule has 1 saturated heterocycles. The first kappa shape index (κ1) is 11.7. The van der Waals surface area contributed by atoms with E-state index in [9.17, 15) is 4.79 Å². The number of hydrogen-bond donors (Lipinski definition) is 3.